The van der Waals surface area contributed by atoms with E-state index in [1.807, 2.05) is 25.1 Å². The molecule has 0 atom stereocenters. The van der Waals surface area contributed by atoms with Crippen LogP contribution in [0.1, 0.15) is 12.5 Å². The number of aliphatic carboxylic acids is 1. The Morgan fingerprint density at radius 2 is 2.25 bits per heavy atom. The topological polar surface area (TPSA) is 46.5 Å². The summed E-state index contributed by atoms with van der Waals surface area (Å²) < 4.78 is 6.50. The molecule has 0 radical (unpaired) electrons. The number of hydrogen-bond acceptors (Lipinski definition) is 2. The lowest BCUT2D eigenvalue weighted by Crippen LogP contribution is -2.02. The van der Waals surface area contributed by atoms with Gasteiger partial charge in [-0.1, -0.05) is 15.9 Å². The van der Waals surface area contributed by atoms with E-state index in [-0.39, 0.29) is 6.61 Å². The van der Waals surface area contributed by atoms with Gasteiger partial charge in [0.2, 0.25) is 0 Å². The molecule has 0 unspecified atom stereocenters. The average Bonchev–Trinajstić information content (AvgIpc) is 2.15. The summed E-state index contributed by atoms with van der Waals surface area (Å²) in [6.07, 6.45) is 1.15. The smallest absolute Gasteiger partial charge is 0.328 e. The lowest BCUT2D eigenvalue weighted by Gasteiger charge is -2.09. The van der Waals surface area contributed by atoms with E-state index < -0.39 is 5.97 Å². The second-order valence-electron chi connectivity index (χ2n) is 3.53. The summed E-state index contributed by atoms with van der Waals surface area (Å²) in [5.74, 6) is -0.185. The highest BCUT2D eigenvalue weighted by molar-refractivity contribution is 9.10. The van der Waals surface area contributed by atoms with Gasteiger partial charge in [0.25, 0.3) is 0 Å². The number of carbonyl (C=O) groups is 1. The number of carboxylic acid groups (broad SMARTS) is 1. The third-order valence-corrected chi connectivity index (χ3v) is 2.46. The average molecular weight is 285 g/mol. The molecule has 0 saturated carbocycles. The van der Waals surface area contributed by atoms with Crippen LogP contribution in [0, 0.1) is 6.92 Å². The Morgan fingerprint density at radius 1 is 1.56 bits per heavy atom. The van der Waals surface area contributed by atoms with Gasteiger partial charge in [-0.05, 0) is 43.2 Å². The van der Waals surface area contributed by atoms with Gasteiger partial charge in [-0.3, -0.25) is 0 Å². The van der Waals surface area contributed by atoms with E-state index in [4.69, 9.17) is 9.84 Å². The summed E-state index contributed by atoms with van der Waals surface area (Å²) in [5, 5.41) is 8.53. The van der Waals surface area contributed by atoms with Crippen molar-refractivity contribution in [3.05, 3.63) is 39.9 Å². The van der Waals surface area contributed by atoms with Crippen LogP contribution in [0.2, 0.25) is 0 Å². The summed E-state index contributed by atoms with van der Waals surface area (Å²) >= 11 is 3.36. The minimum absolute atomic E-state index is 0.286. The van der Waals surface area contributed by atoms with Crippen LogP contribution in [0.25, 0.3) is 0 Å². The van der Waals surface area contributed by atoms with Gasteiger partial charge in [-0.2, -0.15) is 0 Å². The standard InChI is InChI=1S/C12H13BrO3/c1-8(5-12(14)15)7-16-11-4-3-10(13)6-9(11)2/h3-6H,7H2,1-2H3,(H,14,15). The molecule has 1 aromatic rings. The third-order valence-electron chi connectivity index (χ3n) is 1.96. The first-order valence-corrected chi connectivity index (χ1v) is 5.57. The molecular weight excluding hydrogens is 272 g/mol. The Bertz CT molecular complexity index is 424. The number of hydrogen-bond donors (Lipinski definition) is 1. The molecule has 0 aliphatic rings. The Morgan fingerprint density at radius 3 is 2.81 bits per heavy atom. The zero-order chi connectivity index (χ0) is 12.1. The molecule has 0 fully saturated rings. The minimum atomic E-state index is -0.950. The van der Waals surface area contributed by atoms with Crippen molar-refractivity contribution in [2.45, 2.75) is 13.8 Å². The molecule has 86 valence electrons. The Balaban J connectivity index is 2.65. The van der Waals surface area contributed by atoms with Gasteiger partial charge in [0.05, 0.1) is 0 Å². The van der Waals surface area contributed by atoms with Crippen LogP contribution in [0.5, 0.6) is 5.75 Å². The van der Waals surface area contributed by atoms with Crippen molar-refractivity contribution in [1.82, 2.24) is 0 Å². The van der Waals surface area contributed by atoms with Crippen molar-refractivity contribution in [3.63, 3.8) is 0 Å². The van der Waals surface area contributed by atoms with Crippen molar-refractivity contribution < 1.29 is 14.6 Å². The van der Waals surface area contributed by atoms with Gasteiger partial charge in [0.15, 0.2) is 0 Å². The maximum Gasteiger partial charge on any atom is 0.328 e. The fraction of sp³-hybridized carbons (Fsp3) is 0.250. The molecule has 0 aliphatic heterocycles. The van der Waals surface area contributed by atoms with Crippen molar-refractivity contribution in [1.29, 1.82) is 0 Å². The second-order valence-corrected chi connectivity index (χ2v) is 4.44. The van der Waals surface area contributed by atoms with E-state index >= 15 is 0 Å². The van der Waals surface area contributed by atoms with Crippen LogP contribution in [0.3, 0.4) is 0 Å². The molecule has 0 bridgehead atoms. The van der Waals surface area contributed by atoms with Crippen LogP contribution in [-0.2, 0) is 4.79 Å². The normalized spacial score (nSPS) is 11.3. The van der Waals surface area contributed by atoms with Crippen LogP contribution >= 0.6 is 15.9 Å². The van der Waals surface area contributed by atoms with E-state index in [1.54, 1.807) is 6.92 Å². The van der Waals surface area contributed by atoms with Crippen molar-refractivity contribution in [2.75, 3.05) is 6.61 Å². The Kier molecular flexibility index (Phi) is 4.55. The van der Waals surface area contributed by atoms with Gasteiger partial charge >= 0.3 is 5.97 Å². The second kappa shape index (κ2) is 5.70. The monoisotopic (exact) mass is 284 g/mol. The van der Waals surface area contributed by atoms with E-state index in [1.165, 1.54) is 0 Å². The summed E-state index contributed by atoms with van der Waals surface area (Å²) in [7, 11) is 0. The van der Waals surface area contributed by atoms with Gasteiger partial charge < -0.3 is 9.84 Å². The van der Waals surface area contributed by atoms with E-state index in [0.29, 0.717) is 5.57 Å². The maximum atomic E-state index is 10.4. The molecule has 16 heavy (non-hydrogen) atoms. The fourth-order valence-corrected chi connectivity index (χ4v) is 1.69. The lowest BCUT2D eigenvalue weighted by molar-refractivity contribution is -0.131. The Hall–Kier alpha value is -1.29. The first kappa shape index (κ1) is 12.8. The Labute approximate surface area is 103 Å². The quantitative estimate of drug-likeness (QED) is 0.864. The van der Waals surface area contributed by atoms with Crippen LogP contribution in [0.15, 0.2) is 34.3 Å². The largest absolute Gasteiger partial charge is 0.489 e. The first-order chi connectivity index (χ1) is 7.49. The van der Waals surface area contributed by atoms with Crippen molar-refractivity contribution in [2.24, 2.45) is 0 Å². The van der Waals surface area contributed by atoms with Crippen LogP contribution < -0.4 is 4.74 Å². The number of ether oxygens (including phenoxy) is 1. The van der Waals surface area contributed by atoms with Gasteiger partial charge in [-0.25, -0.2) is 4.79 Å². The summed E-state index contributed by atoms with van der Waals surface area (Å²) in [6.45, 7) is 3.95. The number of rotatable bonds is 4. The van der Waals surface area contributed by atoms with Crippen molar-refractivity contribution >= 4 is 21.9 Å². The predicted octanol–water partition coefficient (Wildman–Crippen LogP) is 3.17. The SMILES string of the molecule is CC(=CC(=O)O)COc1ccc(Br)cc1C. The lowest BCUT2D eigenvalue weighted by atomic mass is 10.2. The summed E-state index contributed by atoms with van der Waals surface area (Å²) in [4.78, 5) is 10.4. The van der Waals surface area contributed by atoms with E-state index in [9.17, 15) is 4.79 Å². The minimum Gasteiger partial charge on any atom is -0.489 e. The van der Waals surface area contributed by atoms with E-state index in [2.05, 4.69) is 15.9 Å². The van der Waals surface area contributed by atoms with Crippen LogP contribution in [-0.4, -0.2) is 17.7 Å². The number of halogens is 1. The van der Waals surface area contributed by atoms with E-state index in [0.717, 1.165) is 21.9 Å². The highest BCUT2D eigenvalue weighted by Crippen LogP contribution is 2.22. The molecule has 1 N–H and O–H groups in total. The first-order valence-electron chi connectivity index (χ1n) is 4.78. The number of aryl methyl sites for hydroxylation is 1. The van der Waals surface area contributed by atoms with Crippen molar-refractivity contribution in [3.8, 4) is 5.75 Å². The molecule has 1 rings (SSSR count). The highest BCUT2D eigenvalue weighted by atomic mass is 79.9. The third kappa shape index (κ3) is 4.06. The zero-order valence-corrected chi connectivity index (χ0v) is 10.7. The molecule has 4 heteroatoms. The fourth-order valence-electron chi connectivity index (χ4n) is 1.22. The van der Waals surface area contributed by atoms with Gasteiger partial charge in [0, 0.05) is 10.5 Å². The van der Waals surface area contributed by atoms with Gasteiger partial charge in [0.1, 0.15) is 12.4 Å². The molecule has 3 nitrogen and oxygen atoms in total. The molecule has 0 spiro atoms. The predicted molar refractivity (Wildman–Crippen MR) is 65.8 cm³/mol. The van der Waals surface area contributed by atoms with Crippen LogP contribution in [0.4, 0.5) is 0 Å². The number of carboxylic acids is 1. The molecule has 1 aromatic carbocycles. The summed E-state index contributed by atoms with van der Waals surface area (Å²) in [6, 6.07) is 5.69. The highest BCUT2D eigenvalue weighted by Gasteiger charge is 2.01. The molecule has 0 heterocycles. The number of benzene rings is 1. The maximum absolute atomic E-state index is 10.4. The zero-order valence-electron chi connectivity index (χ0n) is 9.16. The molecule has 0 saturated heterocycles. The summed E-state index contributed by atoms with van der Waals surface area (Å²) in [5.41, 5.74) is 1.69. The van der Waals surface area contributed by atoms with Gasteiger partial charge in [-0.15, -0.1) is 0 Å². The molecule has 0 aliphatic carbocycles. The molecule has 0 amide bonds. The molecule has 0 aromatic heterocycles. The molecular formula is C12H13BrO3.